The summed E-state index contributed by atoms with van der Waals surface area (Å²) in [5.41, 5.74) is 1.88. The van der Waals surface area contributed by atoms with E-state index >= 15 is 0 Å². The Balaban J connectivity index is 1.44. The summed E-state index contributed by atoms with van der Waals surface area (Å²) in [6.07, 6.45) is 10.4. The van der Waals surface area contributed by atoms with Crippen LogP contribution in [0.5, 0.6) is 0 Å². The second-order valence-corrected chi connectivity index (χ2v) is 7.91. The van der Waals surface area contributed by atoms with E-state index in [2.05, 4.69) is 15.5 Å². The SMILES string of the molecule is O=C(OCc1nnnn1C1CC1)c1c(-n2cccc2)sc2c1CCCC2. The van der Waals surface area contributed by atoms with E-state index in [1.807, 2.05) is 29.1 Å². The van der Waals surface area contributed by atoms with Crippen molar-refractivity contribution in [3.8, 4) is 5.00 Å². The molecule has 5 rings (SSSR count). The minimum atomic E-state index is -0.279. The Labute approximate surface area is 154 Å². The van der Waals surface area contributed by atoms with Crippen molar-refractivity contribution in [1.29, 1.82) is 0 Å². The average molecular weight is 369 g/mol. The van der Waals surface area contributed by atoms with E-state index < -0.39 is 0 Å². The fraction of sp³-hybridized carbons (Fsp3) is 0.444. The van der Waals surface area contributed by atoms with Crippen molar-refractivity contribution in [3.05, 3.63) is 46.4 Å². The van der Waals surface area contributed by atoms with Gasteiger partial charge in [0.25, 0.3) is 0 Å². The number of aryl methyl sites for hydroxylation is 1. The monoisotopic (exact) mass is 369 g/mol. The number of esters is 1. The number of rotatable bonds is 5. The second-order valence-electron chi connectivity index (χ2n) is 6.83. The molecule has 3 aromatic rings. The van der Waals surface area contributed by atoms with Gasteiger partial charge in [-0.15, -0.1) is 16.4 Å². The number of thiophene rings is 1. The number of tetrazole rings is 1. The largest absolute Gasteiger partial charge is 0.454 e. The summed E-state index contributed by atoms with van der Waals surface area (Å²) >= 11 is 1.71. The molecule has 1 saturated carbocycles. The molecule has 8 heteroatoms. The number of carbonyl (C=O) groups is 1. The van der Waals surface area contributed by atoms with Crippen molar-refractivity contribution < 1.29 is 9.53 Å². The highest BCUT2D eigenvalue weighted by Crippen LogP contribution is 2.38. The molecule has 0 atom stereocenters. The summed E-state index contributed by atoms with van der Waals surface area (Å²) in [7, 11) is 0. The number of fused-ring (bicyclic) bond motifs is 1. The molecular weight excluding hydrogens is 350 g/mol. The average Bonchev–Trinajstić information content (AvgIpc) is 3.08. The number of ether oxygens (including phenoxy) is 1. The molecule has 3 heterocycles. The molecule has 26 heavy (non-hydrogen) atoms. The van der Waals surface area contributed by atoms with Gasteiger partial charge in [-0.2, -0.15) is 0 Å². The van der Waals surface area contributed by atoms with Crippen LogP contribution in [0.1, 0.15) is 58.3 Å². The predicted molar refractivity (Wildman–Crippen MR) is 95.5 cm³/mol. The minimum absolute atomic E-state index is 0.109. The highest BCUT2D eigenvalue weighted by molar-refractivity contribution is 7.15. The Hall–Kier alpha value is -2.48. The van der Waals surface area contributed by atoms with E-state index in [-0.39, 0.29) is 12.6 Å². The molecule has 2 aliphatic rings. The van der Waals surface area contributed by atoms with Gasteiger partial charge in [-0.25, -0.2) is 9.48 Å². The third-order valence-electron chi connectivity index (χ3n) is 4.98. The molecule has 0 amide bonds. The number of carbonyl (C=O) groups excluding carboxylic acids is 1. The first-order valence-corrected chi connectivity index (χ1v) is 9.84. The van der Waals surface area contributed by atoms with E-state index in [4.69, 9.17) is 4.74 Å². The first-order valence-electron chi connectivity index (χ1n) is 9.03. The molecule has 1 fully saturated rings. The highest BCUT2D eigenvalue weighted by Gasteiger charge is 2.30. The van der Waals surface area contributed by atoms with Crippen LogP contribution in [0.2, 0.25) is 0 Å². The van der Waals surface area contributed by atoms with Gasteiger partial charge in [-0.3, -0.25) is 0 Å². The number of nitrogens with zero attached hydrogens (tertiary/aromatic N) is 5. The highest BCUT2D eigenvalue weighted by atomic mass is 32.1. The van der Waals surface area contributed by atoms with Crippen LogP contribution in [-0.4, -0.2) is 30.7 Å². The molecular formula is C18H19N5O2S. The number of hydrogen-bond donors (Lipinski definition) is 0. The van der Waals surface area contributed by atoms with Crippen molar-refractivity contribution in [2.45, 2.75) is 51.2 Å². The maximum Gasteiger partial charge on any atom is 0.341 e. The van der Waals surface area contributed by atoms with Crippen LogP contribution >= 0.6 is 11.3 Å². The molecule has 0 aliphatic heterocycles. The Morgan fingerprint density at radius 3 is 2.85 bits per heavy atom. The summed E-state index contributed by atoms with van der Waals surface area (Å²) < 4.78 is 9.43. The van der Waals surface area contributed by atoms with Gasteiger partial charge in [-0.1, -0.05) is 0 Å². The van der Waals surface area contributed by atoms with Gasteiger partial charge in [0, 0.05) is 17.3 Å². The van der Waals surface area contributed by atoms with Gasteiger partial charge in [0.2, 0.25) is 0 Å². The fourth-order valence-electron chi connectivity index (χ4n) is 3.53. The molecule has 0 spiro atoms. The fourth-order valence-corrected chi connectivity index (χ4v) is 4.87. The van der Waals surface area contributed by atoms with E-state index in [9.17, 15) is 4.79 Å². The lowest BCUT2D eigenvalue weighted by Crippen LogP contribution is -2.13. The number of hydrogen-bond acceptors (Lipinski definition) is 6. The molecule has 134 valence electrons. The van der Waals surface area contributed by atoms with Gasteiger partial charge >= 0.3 is 5.97 Å². The zero-order chi connectivity index (χ0) is 17.5. The molecule has 0 unspecified atom stereocenters. The molecule has 0 N–H and O–H groups in total. The third kappa shape index (κ3) is 2.74. The standard InChI is InChI=1S/C18H19N5O2S/c24-18(25-11-15-19-20-21-23(15)12-7-8-12)16-13-5-1-2-6-14(13)26-17(16)22-9-3-4-10-22/h3-4,9-10,12H,1-2,5-8,11H2. The lowest BCUT2D eigenvalue weighted by molar-refractivity contribution is 0.0455. The van der Waals surface area contributed by atoms with Gasteiger partial charge in [0.05, 0.1) is 11.6 Å². The summed E-state index contributed by atoms with van der Waals surface area (Å²) in [6, 6.07) is 4.30. The smallest absolute Gasteiger partial charge is 0.341 e. The Kier molecular flexibility index (Phi) is 3.85. The molecule has 0 aromatic carbocycles. The maximum atomic E-state index is 13.0. The van der Waals surface area contributed by atoms with Gasteiger partial charge in [0.1, 0.15) is 5.00 Å². The van der Waals surface area contributed by atoms with E-state index in [1.165, 1.54) is 11.3 Å². The number of aromatic nitrogens is 5. The van der Waals surface area contributed by atoms with E-state index in [0.29, 0.717) is 17.4 Å². The Morgan fingerprint density at radius 1 is 1.23 bits per heavy atom. The van der Waals surface area contributed by atoms with Gasteiger partial charge in [0.15, 0.2) is 12.4 Å². The summed E-state index contributed by atoms with van der Waals surface area (Å²) in [5.74, 6) is 0.339. The Bertz CT molecular complexity index is 939. The van der Waals surface area contributed by atoms with Crippen LogP contribution in [0.3, 0.4) is 0 Å². The zero-order valence-corrected chi connectivity index (χ0v) is 15.1. The minimum Gasteiger partial charge on any atom is -0.454 e. The van der Waals surface area contributed by atoms with Crippen LogP contribution in [0.25, 0.3) is 5.00 Å². The van der Waals surface area contributed by atoms with Crippen LogP contribution in [0.15, 0.2) is 24.5 Å². The first kappa shape index (κ1) is 15.7. The maximum absolute atomic E-state index is 13.0. The Morgan fingerprint density at radius 2 is 2.04 bits per heavy atom. The van der Waals surface area contributed by atoms with Crippen LogP contribution in [0, 0.1) is 0 Å². The topological polar surface area (TPSA) is 74.8 Å². The van der Waals surface area contributed by atoms with E-state index in [1.54, 1.807) is 16.0 Å². The molecule has 3 aromatic heterocycles. The molecule has 0 saturated heterocycles. The normalized spacial score (nSPS) is 16.5. The third-order valence-corrected chi connectivity index (χ3v) is 6.29. The summed E-state index contributed by atoms with van der Waals surface area (Å²) in [4.78, 5) is 14.3. The van der Waals surface area contributed by atoms with Crippen LogP contribution in [0.4, 0.5) is 0 Å². The first-order chi connectivity index (χ1) is 12.8. The summed E-state index contributed by atoms with van der Waals surface area (Å²) in [6.45, 7) is 0.109. The predicted octanol–water partition coefficient (Wildman–Crippen LogP) is 3.10. The van der Waals surface area contributed by atoms with Crippen molar-refractivity contribution in [1.82, 2.24) is 24.8 Å². The van der Waals surface area contributed by atoms with Crippen molar-refractivity contribution in [2.75, 3.05) is 0 Å². The lowest BCUT2D eigenvalue weighted by atomic mass is 9.95. The lowest BCUT2D eigenvalue weighted by Gasteiger charge is -2.12. The van der Waals surface area contributed by atoms with Crippen molar-refractivity contribution in [3.63, 3.8) is 0 Å². The second kappa shape index (κ2) is 6.35. The summed E-state index contributed by atoms with van der Waals surface area (Å²) in [5, 5.41) is 12.7. The van der Waals surface area contributed by atoms with Gasteiger partial charge < -0.3 is 9.30 Å². The van der Waals surface area contributed by atoms with Gasteiger partial charge in [-0.05, 0) is 66.6 Å². The van der Waals surface area contributed by atoms with Crippen LogP contribution < -0.4 is 0 Å². The van der Waals surface area contributed by atoms with Crippen molar-refractivity contribution >= 4 is 17.3 Å². The zero-order valence-electron chi connectivity index (χ0n) is 14.3. The molecule has 0 radical (unpaired) electrons. The van der Waals surface area contributed by atoms with Crippen molar-refractivity contribution in [2.24, 2.45) is 0 Å². The molecule has 7 nitrogen and oxygen atoms in total. The molecule has 2 aliphatic carbocycles. The quantitative estimate of drug-likeness (QED) is 0.646. The van der Waals surface area contributed by atoms with Crippen LogP contribution in [-0.2, 0) is 24.2 Å². The van der Waals surface area contributed by atoms with E-state index in [0.717, 1.165) is 42.7 Å². The molecule has 0 bridgehead atoms.